The van der Waals surface area contributed by atoms with Gasteiger partial charge in [-0.15, -0.1) is 0 Å². The van der Waals surface area contributed by atoms with Crippen LogP contribution in [0.25, 0.3) is 0 Å². The highest BCUT2D eigenvalue weighted by molar-refractivity contribution is 5.94. The van der Waals surface area contributed by atoms with Gasteiger partial charge in [0.25, 0.3) is 5.69 Å². The number of esters is 1. The van der Waals surface area contributed by atoms with Crippen molar-refractivity contribution < 1.29 is 19.2 Å². The minimum atomic E-state index is -0.754. The fraction of sp³-hybridized carbons (Fsp3) is 0.188. The third kappa shape index (κ3) is 2.80. The number of benzene rings is 2. The molecule has 0 saturated carbocycles. The molecule has 118 valence electrons. The van der Waals surface area contributed by atoms with E-state index in [0.717, 1.165) is 0 Å². The average Bonchev–Trinajstić information content (AvgIpc) is 2.86. The highest BCUT2D eigenvalue weighted by Gasteiger charge is 2.31. The normalized spacial score (nSPS) is 15.7. The minimum Gasteiger partial charge on any atom is -0.494 e. The Labute approximate surface area is 132 Å². The molecule has 1 heterocycles. The van der Waals surface area contributed by atoms with Gasteiger partial charge in [-0.1, -0.05) is 18.2 Å². The van der Waals surface area contributed by atoms with Crippen molar-refractivity contribution in [1.82, 2.24) is 0 Å². The van der Waals surface area contributed by atoms with Gasteiger partial charge in [0.15, 0.2) is 0 Å². The monoisotopic (exact) mass is 314 g/mol. The van der Waals surface area contributed by atoms with Crippen LogP contribution in [0.3, 0.4) is 0 Å². The van der Waals surface area contributed by atoms with Gasteiger partial charge in [-0.3, -0.25) is 10.1 Å². The van der Waals surface area contributed by atoms with E-state index in [0.29, 0.717) is 23.5 Å². The molecule has 3 rings (SSSR count). The number of hydrogen-bond donors (Lipinski definition) is 1. The summed E-state index contributed by atoms with van der Waals surface area (Å²) in [6.45, 7) is 2.21. The molecule has 1 aliphatic rings. The van der Waals surface area contributed by atoms with Crippen LogP contribution in [0, 0.1) is 10.1 Å². The fourth-order valence-electron chi connectivity index (χ4n) is 2.43. The number of anilines is 1. The molecular formula is C16H14N2O5. The summed E-state index contributed by atoms with van der Waals surface area (Å²) in [6.07, 6.45) is -0.754. The summed E-state index contributed by atoms with van der Waals surface area (Å²) in [6, 6.07) is 11.4. The van der Waals surface area contributed by atoms with Crippen molar-refractivity contribution in [1.29, 1.82) is 0 Å². The Bertz CT molecular complexity index is 775. The zero-order valence-electron chi connectivity index (χ0n) is 12.3. The summed E-state index contributed by atoms with van der Waals surface area (Å²) in [5.74, 6) is -0.0414. The first-order chi connectivity index (χ1) is 11.1. The van der Waals surface area contributed by atoms with Gasteiger partial charge in [-0.2, -0.15) is 0 Å². The standard InChI is InChI=1S/C16H14N2O5/c1-2-22-10-7-8-13(14(9-10)18(20)21)17-15-11-5-3-4-6-12(11)16(19)23-15/h3-9,15,17H,2H2,1H3. The zero-order chi connectivity index (χ0) is 16.4. The summed E-state index contributed by atoms with van der Waals surface area (Å²) in [5, 5.41) is 14.2. The second-order valence-electron chi connectivity index (χ2n) is 4.89. The molecule has 2 aromatic carbocycles. The lowest BCUT2D eigenvalue weighted by Gasteiger charge is -2.15. The maximum atomic E-state index is 11.8. The van der Waals surface area contributed by atoms with E-state index in [1.54, 1.807) is 37.3 Å². The van der Waals surface area contributed by atoms with Crippen molar-refractivity contribution in [3.8, 4) is 5.75 Å². The topological polar surface area (TPSA) is 90.7 Å². The van der Waals surface area contributed by atoms with E-state index in [4.69, 9.17) is 9.47 Å². The van der Waals surface area contributed by atoms with Crippen molar-refractivity contribution in [3.63, 3.8) is 0 Å². The van der Waals surface area contributed by atoms with E-state index < -0.39 is 17.1 Å². The van der Waals surface area contributed by atoms with Gasteiger partial charge in [0, 0.05) is 5.56 Å². The third-order valence-electron chi connectivity index (χ3n) is 3.45. The van der Waals surface area contributed by atoms with E-state index in [2.05, 4.69) is 5.32 Å². The van der Waals surface area contributed by atoms with Crippen molar-refractivity contribution in [3.05, 3.63) is 63.7 Å². The van der Waals surface area contributed by atoms with Gasteiger partial charge in [0.2, 0.25) is 6.23 Å². The molecule has 0 aromatic heterocycles. The molecule has 2 aromatic rings. The fourth-order valence-corrected chi connectivity index (χ4v) is 2.43. The van der Waals surface area contributed by atoms with E-state index in [9.17, 15) is 14.9 Å². The molecule has 1 unspecified atom stereocenters. The van der Waals surface area contributed by atoms with Crippen LogP contribution in [0.5, 0.6) is 5.75 Å². The first-order valence-corrected chi connectivity index (χ1v) is 7.08. The van der Waals surface area contributed by atoms with Gasteiger partial charge in [-0.05, 0) is 25.1 Å². The van der Waals surface area contributed by atoms with Crippen molar-refractivity contribution in [2.24, 2.45) is 0 Å². The first kappa shape index (κ1) is 14.8. The van der Waals surface area contributed by atoms with E-state index in [-0.39, 0.29) is 11.4 Å². The molecule has 0 saturated heterocycles. The molecular weight excluding hydrogens is 300 g/mol. The van der Waals surface area contributed by atoms with E-state index in [1.165, 1.54) is 12.1 Å². The molecule has 0 spiro atoms. The number of fused-ring (bicyclic) bond motifs is 1. The number of hydrogen-bond acceptors (Lipinski definition) is 6. The third-order valence-corrected chi connectivity index (χ3v) is 3.45. The molecule has 0 bridgehead atoms. The van der Waals surface area contributed by atoms with Crippen LogP contribution in [0.15, 0.2) is 42.5 Å². The molecule has 0 aliphatic carbocycles. The number of ether oxygens (including phenoxy) is 2. The molecule has 1 N–H and O–H groups in total. The first-order valence-electron chi connectivity index (χ1n) is 7.08. The van der Waals surface area contributed by atoms with Gasteiger partial charge in [0.1, 0.15) is 11.4 Å². The molecule has 1 aliphatic heterocycles. The van der Waals surface area contributed by atoms with Crippen molar-refractivity contribution >= 4 is 17.3 Å². The Hall–Kier alpha value is -3.09. The largest absolute Gasteiger partial charge is 0.494 e. The SMILES string of the molecule is CCOc1ccc(NC2OC(=O)c3ccccc32)c([N+](=O)[O-])c1. The number of rotatable bonds is 5. The Balaban J connectivity index is 1.92. The summed E-state index contributed by atoms with van der Waals surface area (Å²) in [7, 11) is 0. The number of nitrogens with one attached hydrogen (secondary N) is 1. The Morgan fingerprint density at radius 3 is 2.83 bits per heavy atom. The van der Waals surface area contributed by atoms with Gasteiger partial charge < -0.3 is 14.8 Å². The second kappa shape index (κ2) is 5.96. The van der Waals surface area contributed by atoms with Crippen molar-refractivity contribution in [2.45, 2.75) is 13.2 Å². The van der Waals surface area contributed by atoms with Crippen LogP contribution < -0.4 is 10.1 Å². The molecule has 7 nitrogen and oxygen atoms in total. The predicted molar refractivity (Wildman–Crippen MR) is 82.5 cm³/mol. The highest BCUT2D eigenvalue weighted by Crippen LogP contribution is 2.36. The van der Waals surface area contributed by atoms with Crippen LogP contribution in [-0.4, -0.2) is 17.5 Å². The lowest BCUT2D eigenvalue weighted by Crippen LogP contribution is -2.11. The van der Waals surface area contributed by atoms with E-state index >= 15 is 0 Å². The maximum absolute atomic E-state index is 11.8. The highest BCUT2D eigenvalue weighted by atomic mass is 16.6. The smallest absolute Gasteiger partial charge is 0.340 e. The number of carbonyl (C=O) groups is 1. The quantitative estimate of drug-likeness (QED) is 0.517. The summed E-state index contributed by atoms with van der Waals surface area (Å²) >= 11 is 0. The predicted octanol–water partition coefficient (Wildman–Crippen LogP) is 3.27. The molecule has 0 fully saturated rings. The Morgan fingerprint density at radius 1 is 1.30 bits per heavy atom. The lowest BCUT2D eigenvalue weighted by molar-refractivity contribution is -0.384. The summed E-state index contributed by atoms with van der Waals surface area (Å²) in [5.41, 5.74) is 1.23. The Kier molecular flexibility index (Phi) is 3.84. The molecule has 7 heteroatoms. The number of nitrogens with zero attached hydrogens (tertiary/aromatic N) is 1. The van der Waals surface area contributed by atoms with Crippen LogP contribution >= 0.6 is 0 Å². The van der Waals surface area contributed by atoms with Crippen LogP contribution in [0.4, 0.5) is 11.4 Å². The minimum absolute atomic E-state index is 0.142. The van der Waals surface area contributed by atoms with Crippen LogP contribution in [-0.2, 0) is 4.74 Å². The Morgan fingerprint density at radius 2 is 2.09 bits per heavy atom. The second-order valence-corrected chi connectivity index (χ2v) is 4.89. The van der Waals surface area contributed by atoms with Gasteiger partial charge in [-0.25, -0.2) is 4.79 Å². The average molecular weight is 314 g/mol. The van der Waals surface area contributed by atoms with Crippen LogP contribution in [0.1, 0.15) is 29.1 Å². The van der Waals surface area contributed by atoms with Gasteiger partial charge >= 0.3 is 5.97 Å². The number of nitro benzene ring substituents is 1. The zero-order valence-corrected chi connectivity index (χ0v) is 12.3. The molecule has 23 heavy (non-hydrogen) atoms. The number of carbonyl (C=O) groups excluding carboxylic acids is 1. The molecule has 0 amide bonds. The van der Waals surface area contributed by atoms with Crippen LogP contribution in [0.2, 0.25) is 0 Å². The lowest BCUT2D eigenvalue weighted by atomic mass is 10.1. The van der Waals surface area contributed by atoms with Gasteiger partial charge in [0.05, 0.1) is 23.2 Å². The molecule has 1 atom stereocenters. The number of nitro groups is 1. The molecule has 0 radical (unpaired) electrons. The summed E-state index contributed by atoms with van der Waals surface area (Å²) < 4.78 is 10.5. The summed E-state index contributed by atoms with van der Waals surface area (Å²) in [4.78, 5) is 22.6. The van der Waals surface area contributed by atoms with Crippen molar-refractivity contribution in [2.75, 3.05) is 11.9 Å². The maximum Gasteiger partial charge on any atom is 0.340 e. The number of cyclic esters (lactones) is 1. The van der Waals surface area contributed by atoms with E-state index in [1.807, 2.05) is 0 Å².